The molecule has 19 heavy (non-hydrogen) atoms. The molecule has 0 saturated carbocycles. The molecule has 1 aromatic carbocycles. The molecule has 0 aliphatic carbocycles. The summed E-state index contributed by atoms with van der Waals surface area (Å²) in [7, 11) is 0. The molecule has 2 aromatic rings. The summed E-state index contributed by atoms with van der Waals surface area (Å²) in [4.78, 5) is 22.4. The highest BCUT2D eigenvalue weighted by Crippen LogP contribution is 2.35. The maximum absolute atomic E-state index is 11.8. The van der Waals surface area contributed by atoms with Crippen molar-refractivity contribution in [1.29, 1.82) is 0 Å². The van der Waals surface area contributed by atoms with Gasteiger partial charge in [0.05, 0.1) is 5.52 Å². The normalized spacial score (nSPS) is 16.2. The number of aromatic nitrogens is 1. The predicted molar refractivity (Wildman–Crippen MR) is 68.3 cm³/mol. The van der Waals surface area contributed by atoms with Gasteiger partial charge in [-0.1, -0.05) is 0 Å². The molecule has 1 aliphatic rings. The van der Waals surface area contributed by atoms with Crippen molar-refractivity contribution in [3.8, 4) is 0 Å². The Morgan fingerprint density at radius 1 is 1.37 bits per heavy atom. The number of hydrogen-bond acceptors (Lipinski definition) is 3. The van der Waals surface area contributed by atoms with E-state index in [1.165, 1.54) is 0 Å². The molecule has 6 nitrogen and oxygen atoms in total. The molecule has 0 atom stereocenters. The van der Waals surface area contributed by atoms with Gasteiger partial charge in [-0.15, -0.1) is 0 Å². The van der Waals surface area contributed by atoms with Gasteiger partial charge in [0.2, 0.25) is 0 Å². The van der Waals surface area contributed by atoms with Crippen molar-refractivity contribution in [2.45, 2.75) is 19.6 Å². The minimum atomic E-state index is -1.12. The fourth-order valence-corrected chi connectivity index (χ4v) is 2.47. The van der Waals surface area contributed by atoms with Crippen LogP contribution < -0.4 is 5.32 Å². The van der Waals surface area contributed by atoms with E-state index in [-0.39, 0.29) is 5.97 Å². The molecule has 0 unspecified atom stereocenters. The summed E-state index contributed by atoms with van der Waals surface area (Å²) >= 11 is 0. The first-order chi connectivity index (χ1) is 8.88. The zero-order valence-electron chi connectivity index (χ0n) is 10.4. The van der Waals surface area contributed by atoms with Crippen LogP contribution in [0.15, 0.2) is 24.3 Å². The van der Waals surface area contributed by atoms with E-state index < -0.39 is 11.8 Å². The molecule has 3 rings (SSSR count). The summed E-state index contributed by atoms with van der Waals surface area (Å²) in [6.45, 7) is 3.62. The molecule has 6 heteroatoms. The Hall–Kier alpha value is -2.50. The summed E-state index contributed by atoms with van der Waals surface area (Å²) in [6, 6.07) is 6.83. The number of amides is 1. The Balaban J connectivity index is 2.19. The standard InChI is InChI=1S/C13H12N2O4/c1-13(2)15-9-4-3-8(14-12(17)18)5-7(9)6-10(15)11(16)19-13/h3-6,14H,1-2H3,(H,17,18). The Kier molecular flexibility index (Phi) is 2.14. The third-order valence-corrected chi connectivity index (χ3v) is 3.14. The van der Waals surface area contributed by atoms with E-state index in [0.29, 0.717) is 11.4 Å². The molecule has 1 amide bonds. The fourth-order valence-electron chi connectivity index (χ4n) is 2.47. The van der Waals surface area contributed by atoms with Crippen LogP contribution in [0.2, 0.25) is 0 Å². The van der Waals surface area contributed by atoms with Gasteiger partial charge in [0.15, 0.2) is 5.72 Å². The van der Waals surface area contributed by atoms with Gasteiger partial charge < -0.3 is 9.84 Å². The van der Waals surface area contributed by atoms with Crippen LogP contribution in [0.1, 0.15) is 24.3 Å². The topological polar surface area (TPSA) is 80.6 Å². The summed E-state index contributed by atoms with van der Waals surface area (Å²) in [5.41, 5.74) is 1.06. The first kappa shape index (κ1) is 11.6. The van der Waals surface area contributed by atoms with Gasteiger partial charge in [-0.2, -0.15) is 0 Å². The van der Waals surface area contributed by atoms with E-state index in [0.717, 1.165) is 10.9 Å². The van der Waals surface area contributed by atoms with Crippen LogP contribution in [-0.2, 0) is 10.5 Å². The van der Waals surface area contributed by atoms with E-state index in [9.17, 15) is 9.59 Å². The van der Waals surface area contributed by atoms with Crippen LogP contribution in [0.4, 0.5) is 10.5 Å². The zero-order valence-corrected chi connectivity index (χ0v) is 10.4. The van der Waals surface area contributed by atoms with E-state index in [1.807, 2.05) is 18.4 Å². The van der Waals surface area contributed by atoms with Gasteiger partial charge in [0.1, 0.15) is 5.69 Å². The number of carboxylic acid groups (broad SMARTS) is 1. The van der Waals surface area contributed by atoms with Crippen molar-refractivity contribution in [2.24, 2.45) is 0 Å². The van der Waals surface area contributed by atoms with Crippen molar-refractivity contribution < 1.29 is 19.4 Å². The Morgan fingerprint density at radius 2 is 2.11 bits per heavy atom. The zero-order chi connectivity index (χ0) is 13.8. The number of cyclic esters (lactones) is 1. The van der Waals surface area contributed by atoms with Crippen molar-refractivity contribution >= 4 is 28.7 Å². The van der Waals surface area contributed by atoms with Gasteiger partial charge in [-0.25, -0.2) is 9.59 Å². The molecule has 0 radical (unpaired) electrons. The highest BCUT2D eigenvalue weighted by atomic mass is 16.6. The number of fused-ring (bicyclic) bond motifs is 3. The number of nitrogens with one attached hydrogen (secondary N) is 1. The van der Waals surface area contributed by atoms with Crippen LogP contribution in [-0.4, -0.2) is 21.7 Å². The number of anilines is 1. The van der Waals surface area contributed by atoms with Crippen molar-refractivity contribution in [2.75, 3.05) is 5.32 Å². The second-order valence-corrected chi connectivity index (χ2v) is 4.91. The maximum atomic E-state index is 11.8. The van der Waals surface area contributed by atoms with Crippen LogP contribution >= 0.6 is 0 Å². The summed E-state index contributed by atoms with van der Waals surface area (Å²) in [5.74, 6) is -0.367. The van der Waals surface area contributed by atoms with Crippen LogP contribution in [0.3, 0.4) is 0 Å². The lowest BCUT2D eigenvalue weighted by molar-refractivity contribution is -0.0163. The molecule has 2 N–H and O–H groups in total. The molecular weight excluding hydrogens is 248 g/mol. The van der Waals surface area contributed by atoms with Gasteiger partial charge >= 0.3 is 12.1 Å². The van der Waals surface area contributed by atoms with Gasteiger partial charge in [-0.3, -0.25) is 9.88 Å². The number of hydrogen-bond donors (Lipinski definition) is 2. The minimum absolute atomic E-state index is 0.367. The van der Waals surface area contributed by atoms with Crippen LogP contribution in [0, 0.1) is 0 Å². The minimum Gasteiger partial charge on any atom is -0.465 e. The molecule has 0 saturated heterocycles. The molecule has 98 valence electrons. The first-order valence-electron chi connectivity index (χ1n) is 5.78. The number of carbonyl (C=O) groups excluding carboxylic acids is 1. The molecule has 1 aliphatic heterocycles. The molecule has 0 spiro atoms. The highest BCUT2D eigenvalue weighted by molar-refractivity contribution is 5.99. The molecule has 1 aromatic heterocycles. The van der Waals surface area contributed by atoms with Gasteiger partial charge in [-0.05, 0) is 38.1 Å². The van der Waals surface area contributed by atoms with E-state index in [1.54, 1.807) is 24.3 Å². The maximum Gasteiger partial charge on any atom is 0.409 e. The Bertz CT molecular complexity index is 715. The molecular formula is C13H12N2O4. The monoisotopic (exact) mass is 260 g/mol. The lowest BCUT2D eigenvalue weighted by atomic mass is 10.2. The fraction of sp³-hybridized carbons (Fsp3) is 0.231. The van der Waals surface area contributed by atoms with E-state index >= 15 is 0 Å². The third-order valence-electron chi connectivity index (χ3n) is 3.14. The van der Waals surface area contributed by atoms with E-state index in [2.05, 4.69) is 5.32 Å². The second-order valence-electron chi connectivity index (χ2n) is 4.91. The number of esters is 1. The number of ether oxygens (including phenoxy) is 1. The molecule has 0 fully saturated rings. The van der Waals surface area contributed by atoms with Crippen LogP contribution in [0.25, 0.3) is 10.9 Å². The largest absolute Gasteiger partial charge is 0.465 e. The van der Waals surface area contributed by atoms with Gasteiger partial charge in [0, 0.05) is 11.1 Å². The van der Waals surface area contributed by atoms with Crippen molar-refractivity contribution in [3.63, 3.8) is 0 Å². The number of rotatable bonds is 1. The smallest absolute Gasteiger partial charge is 0.409 e. The number of nitrogens with zero attached hydrogens (tertiary/aromatic N) is 1. The number of carbonyl (C=O) groups is 2. The molecule has 0 bridgehead atoms. The highest BCUT2D eigenvalue weighted by Gasteiger charge is 2.38. The van der Waals surface area contributed by atoms with Crippen molar-refractivity contribution in [1.82, 2.24) is 4.57 Å². The summed E-state index contributed by atoms with van der Waals surface area (Å²) in [6.07, 6.45) is -1.12. The quantitative estimate of drug-likeness (QED) is 0.772. The summed E-state index contributed by atoms with van der Waals surface area (Å²) < 4.78 is 7.09. The van der Waals surface area contributed by atoms with Crippen molar-refractivity contribution in [3.05, 3.63) is 30.0 Å². The van der Waals surface area contributed by atoms with Crippen LogP contribution in [0.5, 0.6) is 0 Å². The average molecular weight is 260 g/mol. The third kappa shape index (κ3) is 1.64. The first-order valence-corrected chi connectivity index (χ1v) is 5.78. The second kappa shape index (κ2) is 3.50. The average Bonchev–Trinajstić information content (AvgIpc) is 2.75. The lowest BCUT2D eigenvalue weighted by Gasteiger charge is -2.20. The summed E-state index contributed by atoms with van der Waals surface area (Å²) in [5, 5.41) is 11.8. The van der Waals surface area contributed by atoms with Gasteiger partial charge in [0.25, 0.3) is 0 Å². The predicted octanol–water partition coefficient (Wildman–Crippen LogP) is 2.59. The molecule has 2 heterocycles. The Labute approximate surface area is 108 Å². The Morgan fingerprint density at radius 3 is 2.79 bits per heavy atom. The SMILES string of the molecule is CC1(C)OC(=O)c2cc3cc(NC(=O)O)ccc3n21. The van der Waals surface area contributed by atoms with E-state index in [4.69, 9.17) is 9.84 Å². The lowest BCUT2D eigenvalue weighted by Crippen LogP contribution is -2.23. The number of benzene rings is 1.